The molecule has 1 rings (SSSR count). The standard InChI is InChI=1S/C7H16N2/c1-6-4-7(2-3-8)5-9-6/h6-7,9H,2-5,8H2,1H3. The summed E-state index contributed by atoms with van der Waals surface area (Å²) in [6.07, 6.45) is 2.51. The summed E-state index contributed by atoms with van der Waals surface area (Å²) >= 11 is 0. The molecule has 0 aromatic rings. The summed E-state index contributed by atoms with van der Waals surface area (Å²) in [6, 6.07) is 0.724. The third-order valence-corrected chi connectivity index (χ3v) is 2.02. The van der Waals surface area contributed by atoms with Gasteiger partial charge in [-0.05, 0) is 38.8 Å². The lowest BCUT2D eigenvalue weighted by Gasteiger charge is -2.03. The van der Waals surface area contributed by atoms with Crippen molar-refractivity contribution in [2.45, 2.75) is 25.8 Å². The van der Waals surface area contributed by atoms with E-state index >= 15 is 0 Å². The number of hydrogen-bond acceptors (Lipinski definition) is 2. The van der Waals surface area contributed by atoms with E-state index in [1.165, 1.54) is 19.4 Å². The van der Waals surface area contributed by atoms with Crippen LogP contribution in [-0.2, 0) is 0 Å². The first kappa shape index (κ1) is 7.03. The molecule has 0 amide bonds. The first-order chi connectivity index (χ1) is 4.33. The van der Waals surface area contributed by atoms with Gasteiger partial charge in [0.05, 0.1) is 0 Å². The van der Waals surface area contributed by atoms with Crippen molar-refractivity contribution in [3.63, 3.8) is 0 Å². The van der Waals surface area contributed by atoms with Crippen molar-refractivity contribution < 1.29 is 0 Å². The molecule has 9 heavy (non-hydrogen) atoms. The Balaban J connectivity index is 2.14. The summed E-state index contributed by atoms with van der Waals surface area (Å²) in [4.78, 5) is 0. The largest absolute Gasteiger partial charge is 0.330 e. The van der Waals surface area contributed by atoms with Crippen LogP contribution in [0.2, 0.25) is 0 Å². The Hall–Kier alpha value is -0.0800. The number of nitrogens with two attached hydrogens (primary N) is 1. The molecule has 1 fully saturated rings. The van der Waals surface area contributed by atoms with Gasteiger partial charge in [-0.1, -0.05) is 0 Å². The molecule has 1 aliphatic rings. The van der Waals surface area contributed by atoms with Gasteiger partial charge in [-0.15, -0.1) is 0 Å². The topological polar surface area (TPSA) is 38.0 Å². The fourth-order valence-electron chi connectivity index (χ4n) is 1.49. The number of hydrogen-bond donors (Lipinski definition) is 2. The van der Waals surface area contributed by atoms with E-state index in [4.69, 9.17) is 5.73 Å². The van der Waals surface area contributed by atoms with Crippen LogP contribution >= 0.6 is 0 Å². The van der Waals surface area contributed by atoms with E-state index in [9.17, 15) is 0 Å². The molecule has 0 aromatic carbocycles. The van der Waals surface area contributed by atoms with Crippen molar-refractivity contribution in [3.8, 4) is 0 Å². The van der Waals surface area contributed by atoms with E-state index in [0.717, 1.165) is 18.5 Å². The zero-order valence-electron chi connectivity index (χ0n) is 6.06. The van der Waals surface area contributed by atoms with Crippen LogP contribution in [0.1, 0.15) is 19.8 Å². The lowest BCUT2D eigenvalue weighted by atomic mass is 10.0. The van der Waals surface area contributed by atoms with E-state index in [-0.39, 0.29) is 0 Å². The summed E-state index contributed by atoms with van der Waals surface area (Å²) in [5.74, 6) is 0.852. The molecular weight excluding hydrogens is 112 g/mol. The van der Waals surface area contributed by atoms with Crippen LogP contribution in [0.25, 0.3) is 0 Å². The Morgan fingerprint density at radius 3 is 2.89 bits per heavy atom. The molecule has 2 heteroatoms. The predicted octanol–water partition coefficient (Wildman–Crippen LogP) is 0.333. The minimum absolute atomic E-state index is 0.724. The Morgan fingerprint density at radius 1 is 1.67 bits per heavy atom. The third-order valence-electron chi connectivity index (χ3n) is 2.02. The molecule has 1 aliphatic heterocycles. The van der Waals surface area contributed by atoms with Gasteiger partial charge in [0, 0.05) is 6.04 Å². The van der Waals surface area contributed by atoms with Crippen molar-refractivity contribution in [3.05, 3.63) is 0 Å². The van der Waals surface area contributed by atoms with Crippen molar-refractivity contribution >= 4 is 0 Å². The highest BCUT2D eigenvalue weighted by Crippen LogP contribution is 2.15. The average Bonchev–Trinajstić information content (AvgIpc) is 2.17. The Bertz CT molecular complexity index is 81.0. The fourth-order valence-corrected chi connectivity index (χ4v) is 1.49. The van der Waals surface area contributed by atoms with Crippen LogP contribution in [0.3, 0.4) is 0 Å². The second-order valence-corrected chi connectivity index (χ2v) is 2.99. The van der Waals surface area contributed by atoms with E-state index in [1.807, 2.05) is 0 Å². The van der Waals surface area contributed by atoms with Gasteiger partial charge >= 0.3 is 0 Å². The number of nitrogens with one attached hydrogen (secondary N) is 1. The molecule has 0 aromatic heterocycles. The molecule has 0 spiro atoms. The van der Waals surface area contributed by atoms with Crippen molar-refractivity contribution in [2.24, 2.45) is 11.7 Å². The molecule has 54 valence electrons. The summed E-state index contributed by atoms with van der Waals surface area (Å²) in [5.41, 5.74) is 5.43. The zero-order valence-corrected chi connectivity index (χ0v) is 6.06. The van der Waals surface area contributed by atoms with Crippen LogP contribution in [0, 0.1) is 5.92 Å². The van der Waals surface area contributed by atoms with E-state index in [2.05, 4.69) is 12.2 Å². The normalized spacial score (nSPS) is 35.3. The molecule has 1 saturated heterocycles. The van der Waals surface area contributed by atoms with Crippen LogP contribution < -0.4 is 11.1 Å². The minimum Gasteiger partial charge on any atom is -0.330 e. The highest BCUT2D eigenvalue weighted by Gasteiger charge is 2.18. The third kappa shape index (κ3) is 1.95. The molecule has 0 bridgehead atoms. The summed E-state index contributed by atoms with van der Waals surface area (Å²) in [6.45, 7) is 4.26. The predicted molar refractivity (Wildman–Crippen MR) is 39.2 cm³/mol. The quantitative estimate of drug-likeness (QED) is 0.562. The highest BCUT2D eigenvalue weighted by atomic mass is 14.9. The Kier molecular flexibility index (Phi) is 2.49. The summed E-state index contributed by atoms with van der Waals surface area (Å²) in [5, 5.41) is 3.40. The fraction of sp³-hybridized carbons (Fsp3) is 1.00. The van der Waals surface area contributed by atoms with Crippen molar-refractivity contribution in [1.82, 2.24) is 5.32 Å². The van der Waals surface area contributed by atoms with Crippen LogP contribution in [0.4, 0.5) is 0 Å². The molecular formula is C7H16N2. The maximum Gasteiger partial charge on any atom is 0.00419 e. The second kappa shape index (κ2) is 3.18. The van der Waals surface area contributed by atoms with Gasteiger partial charge in [-0.2, -0.15) is 0 Å². The highest BCUT2D eigenvalue weighted by molar-refractivity contribution is 4.77. The lowest BCUT2D eigenvalue weighted by molar-refractivity contribution is 0.530. The molecule has 3 N–H and O–H groups in total. The van der Waals surface area contributed by atoms with Gasteiger partial charge in [0.2, 0.25) is 0 Å². The Morgan fingerprint density at radius 2 is 2.44 bits per heavy atom. The lowest BCUT2D eigenvalue weighted by Crippen LogP contribution is -2.17. The van der Waals surface area contributed by atoms with Crippen molar-refractivity contribution in [2.75, 3.05) is 13.1 Å². The first-order valence-corrected chi connectivity index (χ1v) is 3.76. The molecule has 0 saturated carbocycles. The van der Waals surface area contributed by atoms with Gasteiger partial charge in [-0.25, -0.2) is 0 Å². The summed E-state index contributed by atoms with van der Waals surface area (Å²) in [7, 11) is 0. The monoisotopic (exact) mass is 128 g/mol. The second-order valence-electron chi connectivity index (χ2n) is 2.99. The van der Waals surface area contributed by atoms with Crippen molar-refractivity contribution in [1.29, 1.82) is 0 Å². The smallest absolute Gasteiger partial charge is 0.00419 e. The summed E-state index contributed by atoms with van der Waals surface area (Å²) < 4.78 is 0. The maximum atomic E-state index is 5.43. The van der Waals surface area contributed by atoms with Gasteiger partial charge in [0.25, 0.3) is 0 Å². The first-order valence-electron chi connectivity index (χ1n) is 3.76. The molecule has 1 heterocycles. The van der Waals surface area contributed by atoms with E-state index in [0.29, 0.717) is 0 Å². The van der Waals surface area contributed by atoms with Gasteiger partial charge < -0.3 is 11.1 Å². The van der Waals surface area contributed by atoms with Crippen LogP contribution in [0.15, 0.2) is 0 Å². The number of rotatable bonds is 2. The zero-order chi connectivity index (χ0) is 6.69. The SMILES string of the molecule is CC1CC(CCN)CN1. The van der Waals surface area contributed by atoms with E-state index in [1.54, 1.807) is 0 Å². The minimum atomic E-state index is 0.724. The maximum absolute atomic E-state index is 5.43. The average molecular weight is 128 g/mol. The van der Waals surface area contributed by atoms with Gasteiger partial charge in [0.15, 0.2) is 0 Å². The van der Waals surface area contributed by atoms with Gasteiger partial charge in [-0.3, -0.25) is 0 Å². The molecule has 0 radical (unpaired) electrons. The van der Waals surface area contributed by atoms with E-state index < -0.39 is 0 Å². The molecule has 2 nitrogen and oxygen atoms in total. The molecule has 0 aliphatic carbocycles. The molecule has 2 atom stereocenters. The van der Waals surface area contributed by atoms with Crippen LogP contribution in [0.5, 0.6) is 0 Å². The van der Waals surface area contributed by atoms with Crippen LogP contribution in [-0.4, -0.2) is 19.1 Å². The Labute approximate surface area is 56.8 Å². The molecule has 2 unspecified atom stereocenters. The van der Waals surface area contributed by atoms with Gasteiger partial charge in [0.1, 0.15) is 0 Å².